The number of nitrogens with zero attached hydrogens (tertiary/aromatic N) is 2. The standard InChI is InChI=1S/C19H17N3O3S/c1-19(17(25)21-18-22-20-10-26-18)9-12-5-6-14(24)8-15(12)16(19)11-3-2-4-13(23)7-11/h2-8,10,16,23-24H,9H2,1H3,(H,21,22,25)/t16-,19+/m0/s1. The summed E-state index contributed by atoms with van der Waals surface area (Å²) in [6.07, 6.45) is 0.521. The van der Waals surface area contributed by atoms with E-state index in [4.69, 9.17) is 0 Å². The van der Waals surface area contributed by atoms with E-state index in [1.54, 1.807) is 35.8 Å². The zero-order valence-electron chi connectivity index (χ0n) is 14.0. The Labute approximate surface area is 154 Å². The second-order valence-corrected chi connectivity index (χ2v) is 7.54. The van der Waals surface area contributed by atoms with Crippen LogP contribution < -0.4 is 5.32 Å². The van der Waals surface area contributed by atoms with Gasteiger partial charge in [-0.1, -0.05) is 29.5 Å². The van der Waals surface area contributed by atoms with E-state index in [-0.39, 0.29) is 23.3 Å². The average Bonchev–Trinajstić information content (AvgIpc) is 3.20. The summed E-state index contributed by atoms with van der Waals surface area (Å²) in [5.41, 5.74) is 3.49. The number of aromatic hydroxyl groups is 2. The highest BCUT2D eigenvalue weighted by Gasteiger charge is 2.49. The molecule has 0 saturated carbocycles. The number of phenolic OH excluding ortho intramolecular Hbond substituents is 2. The normalized spacial score (nSPS) is 21.3. The summed E-state index contributed by atoms with van der Waals surface area (Å²) in [4.78, 5) is 13.2. The van der Waals surface area contributed by atoms with Crippen LogP contribution in [-0.4, -0.2) is 26.3 Å². The van der Waals surface area contributed by atoms with Gasteiger partial charge in [0.2, 0.25) is 11.0 Å². The molecular formula is C19H17N3O3S. The Morgan fingerprint density at radius 1 is 1.23 bits per heavy atom. The molecule has 0 radical (unpaired) electrons. The molecule has 1 amide bonds. The van der Waals surface area contributed by atoms with Gasteiger partial charge in [0.15, 0.2) is 0 Å². The number of carbonyl (C=O) groups excluding carboxylic acids is 1. The minimum absolute atomic E-state index is 0.142. The molecule has 0 saturated heterocycles. The Hall–Kier alpha value is -2.93. The third-order valence-electron chi connectivity index (χ3n) is 4.94. The third-order valence-corrected chi connectivity index (χ3v) is 5.54. The van der Waals surface area contributed by atoms with E-state index < -0.39 is 5.41 Å². The van der Waals surface area contributed by atoms with Gasteiger partial charge < -0.3 is 15.5 Å². The molecule has 4 rings (SSSR count). The average molecular weight is 367 g/mol. The maximum atomic E-state index is 13.2. The predicted octanol–water partition coefficient (Wildman–Crippen LogP) is 3.28. The van der Waals surface area contributed by atoms with Gasteiger partial charge in [0, 0.05) is 5.92 Å². The number of aromatic nitrogens is 2. The fourth-order valence-corrected chi connectivity index (χ4v) is 4.22. The van der Waals surface area contributed by atoms with Crippen LogP contribution in [-0.2, 0) is 11.2 Å². The van der Waals surface area contributed by atoms with Crippen LogP contribution >= 0.6 is 11.3 Å². The fourth-order valence-electron chi connectivity index (χ4n) is 3.78. The third kappa shape index (κ3) is 2.70. The summed E-state index contributed by atoms with van der Waals surface area (Å²) in [5, 5.41) is 30.8. The molecule has 7 heteroatoms. The Kier molecular flexibility index (Phi) is 3.88. The number of rotatable bonds is 3. The molecule has 1 aliphatic rings. The molecule has 0 unspecified atom stereocenters. The van der Waals surface area contributed by atoms with Crippen molar-refractivity contribution in [1.82, 2.24) is 10.2 Å². The smallest absolute Gasteiger partial charge is 0.233 e. The van der Waals surface area contributed by atoms with E-state index in [9.17, 15) is 15.0 Å². The molecule has 2 atom stereocenters. The van der Waals surface area contributed by atoms with Gasteiger partial charge in [0.05, 0.1) is 5.41 Å². The molecule has 3 aromatic rings. The molecule has 3 N–H and O–H groups in total. The minimum atomic E-state index is -0.796. The van der Waals surface area contributed by atoms with E-state index in [1.807, 2.05) is 19.1 Å². The minimum Gasteiger partial charge on any atom is -0.508 e. The zero-order chi connectivity index (χ0) is 18.3. The molecule has 132 valence electrons. The highest BCUT2D eigenvalue weighted by atomic mass is 32.1. The van der Waals surface area contributed by atoms with Crippen LogP contribution in [0.4, 0.5) is 5.13 Å². The summed E-state index contributed by atoms with van der Waals surface area (Å²) in [6.45, 7) is 1.90. The molecule has 0 aliphatic heterocycles. The molecule has 26 heavy (non-hydrogen) atoms. The van der Waals surface area contributed by atoms with Crippen molar-refractivity contribution < 1.29 is 15.0 Å². The molecule has 1 aromatic heterocycles. The summed E-state index contributed by atoms with van der Waals surface area (Å²) in [5.74, 6) is -0.173. The van der Waals surface area contributed by atoms with Gasteiger partial charge in [-0.25, -0.2) is 0 Å². The number of nitrogens with one attached hydrogen (secondary N) is 1. The van der Waals surface area contributed by atoms with Gasteiger partial charge in [0.1, 0.15) is 17.0 Å². The number of amides is 1. The molecule has 0 spiro atoms. The Morgan fingerprint density at radius 2 is 2.04 bits per heavy atom. The molecule has 0 fully saturated rings. The summed E-state index contributed by atoms with van der Waals surface area (Å²) in [7, 11) is 0. The van der Waals surface area contributed by atoms with Crippen molar-refractivity contribution in [3.8, 4) is 11.5 Å². The van der Waals surface area contributed by atoms with E-state index in [0.29, 0.717) is 11.6 Å². The van der Waals surface area contributed by atoms with E-state index in [2.05, 4.69) is 15.5 Å². The zero-order valence-corrected chi connectivity index (χ0v) is 14.8. The van der Waals surface area contributed by atoms with Crippen molar-refractivity contribution in [3.05, 3.63) is 64.7 Å². The first kappa shape index (κ1) is 16.5. The first-order valence-electron chi connectivity index (χ1n) is 8.16. The van der Waals surface area contributed by atoms with Gasteiger partial charge in [-0.05, 0) is 54.3 Å². The Bertz CT molecular complexity index is 974. The number of phenols is 2. The maximum absolute atomic E-state index is 13.2. The van der Waals surface area contributed by atoms with Crippen LogP contribution in [0, 0.1) is 5.41 Å². The van der Waals surface area contributed by atoms with Crippen LogP contribution in [0.2, 0.25) is 0 Å². The maximum Gasteiger partial charge on any atom is 0.233 e. The molecule has 0 bridgehead atoms. The van der Waals surface area contributed by atoms with E-state index in [1.165, 1.54) is 11.3 Å². The monoisotopic (exact) mass is 367 g/mol. The number of carbonyl (C=O) groups is 1. The van der Waals surface area contributed by atoms with Crippen LogP contribution in [0.15, 0.2) is 48.0 Å². The number of fused-ring (bicyclic) bond motifs is 1. The van der Waals surface area contributed by atoms with Crippen LogP contribution in [0.3, 0.4) is 0 Å². The highest BCUT2D eigenvalue weighted by molar-refractivity contribution is 7.13. The topological polar surface area (TPSA) is 95.3 Å². The lowest BCUT2D eigenvalue weighted by atomic mass is 9.73. The number of anilines is 1. The SMILES string of the molecule is C[C@@]1(C(=O)Nc2nncs2)Cc2ccc(O)cc2[C@@H]1c1cccc(O)c1. The Morgan fingerprint density at radius 3 is 2.77 bits per heavy atom. The highest BCUT2D eigenvalue weighted by Crippen LogP contribution is 2.52. The van der Waals surface area contributed by atoms with Crippen LogP contribution in [0.1, 0.15) is 29.5 Å². The van der Waals surface area contributed by atoms with Gasteiger partial charge in [-0.3, -0.25) is 4.79 Å². The van der Waals surface area contributed by atoms with Gasteiger partial charge in [-0.15, -0.1) is 10.2 Å². The first-order valence-corrected chi connectivity index (χ1v) is 9.04. The summed E-state index contributed by atoms with van der Waals surface area (Å²) >= 11 is 1.26. The van der Waals surface area contributed by atoms with E-state index in [0.717, 1.165) is 16.7 Å². The molecule has 1 heterocycles. The first-order chi connectivity index (χ1) is 12.5. The summed E-state index contributed by atoms with van der Waals surface area (Å²) in [6, 6.07) is 12.1. The lowest BCUT2D eigenvalue weighted by Crippen LogP contribution is -2.37. The summed E-state index contributed by atoms with van der Waals surface area (Å²) < 4.78 is 0. The van der Waals surface area contributed by atoms with Crippen molar-refractivity contribution in [1.29, 1.82) is 0 Å². The molecule has 1 aliphatic carbocycles. The van der Waals surface area contributed by atoms with Crippen LogP contribution in [0.25, 0.3) is 0 Å². The van der Waals surface area contributed by atoms with Crippen molar-refractivity contribution in [2.75, 3.05) is 5.32 Å². The van der Waals surface area contributed by atoms with Crippen molar-refractivity contribution in [3.63, 3.8) is 0 Å². The molecule has 6 nitrogen and oxygen atoms in total. The van der Waals surface area contributed by atoms with Crippen LogP contribution in [0.5, 0.6) is 11.5 Å². The number of benzene rings is 2. The molecule has 2 aromatic carbocycles. The lowest BCUT2D eigenvalue weighted by molar-refractivity contribution is -0.125. The molecular weight excluding hydrogens is 350 g/mol. The van der Waals surface area contributed by atoms with Gasteiger partial charge in [0.25, 0.3) is 0 Å². The van der Waals surface area contributed by atoms with Crippen molar-refractivity contribution in [2.45, 2.75) is 19.3 Å². The quantitative estimate of drug-likeness (QED) is 0.660. The second-order valence-electron chi connectivity index (χ2n) is 6.70. The van der Waals surface area contributed by atoms with E-state index >= 15 is 0 Å². The second kappa shape index (κ2) is 6.10. The Balaban J connectivity index is 1.81. The van der Waals surface area contributed by atoms with Crippen molar-refractivity contribution in [2.24, 2.45) is 5.41 Å². The van der Waals surface area contributed by atoms with Gasteiger partial charge >= 0.3 is 0 Å². The number of hydrogen-bond donors (Lipinski definition) is 3. The number of hydrogen-bond acceptors (Lipinski definition) is 6. The fraction of sp³-hybridized carbons (Fsp3) is 0.211. The van der Waals surface area contributed by atoms with Gasteiger partial charge in [-0.2, -0.15) is 0 Å². The van der Waals surface area contributed by atoms with Crippen molar-refractivity contribution >= 4 is 22.4 Å². The lowest BCUT2D eigenvalue weighted by Gasteiger charge is -2.30. The largest absolute Gasteiger partial charge is 0.508 e. The predicted molar refractivity (Wildman–Crippen MR) is 98.4 cm³/mol.